The summed E-state index contributed by atoms with van der Waals surface area (Å²) < 4.78 is 5.69. The van der Waals surface area contributed by atoms with Crippen molar-refractivity contribution in [3.05, 3.63) is 35.3 Å². The van der Waals surface area contributed by atoms with E-state index in [0.29, 0.717) is 0 Å². The summed E-state index contributed by atoms with van der Waals surface area (Å²) in [4.78, 5) is 2.45. The van der Waals surface area contributed by atoms with Crippen molar-refractivity contribution < 1.29 is 4.42 Å². The third-order valence-electron chi connectivity index (χ3n) is 2.96. The molecule has 0 saturated carbocycles. The zero-order valence-electron chi connectivity index (χ0n) is 10.1. The van der Waals surface area contributed by atoms with E-state index in [9.17, 15) is 0 Å². The Kier molecular flexibility index (Phi) is 3.80. The molecular weight excluding hydrogens is 200 g/mol. The second-order valence-electron chi connectivity index (χ2n) is 4.32. The van der Waals surface area contributed by atoms with Gasteiger partial charge < -0.3 is 9.73 Å². The van der Waals surface area contributed by atoms with Gasteiger partial charge in [-0.3, -0.25) is 4.90 Å². The summed E-state index contributed by atoms with van der Waals surface area (Å²) in [6, 6.07) is 2.17. The van der Waals surface area contributed by atoms with Gasteiger partial charge in [-0.05, 0) is 26.5 Å². The number of rotatable bonds is 4. The minimum Gasteiger partial charge on any atom is -0.465 e. The monoisotopic (exact) mass is 220 g/mol. The lowest BCUT2D eigenvalue weighted by molar-refractivity contribution is 0.288. The highest BCUT2D eigenvalue weighted by atomic mass is 16.3. The van der Waals surface area contributed by atoms with E-state index in [2.05, 4.69) is 28.4 Å². The number of hydrogen-bond donors (Lipinski definition) is 1. The van der Waals surface area contributed by atoms with Gasteiger partial charge >= 0.3 is 0 Å². The van der Waals surface area contributed by atoms with E-state index in [-0.39, 0.29) is 0 Å². The molecule has 1 N–H and O–H groups in total. The molecule has 16 heavy (non-hydrogen) atoms. The Hall–Kier alpha value is -1.06. The van der Waals surface area contributed by atoms with Crippen LogP contribution in [0.15, 0.2) is 22.6 Å². The quantitative estimate of drug-likeness (QED) is 0.787. The second-order valence-corrected chi connectivity index (χ2v) is 4.32. The first-order valence-electron chi connectivity index (χ1n) is 5.89. The maximum atomic E-state index is 5.69. The molecule has 0 bridgehead atoms. The summed E-state index contributed by atoms with van der Waals surface area (Å²) in [5, 5.41) is 3.11. The summed E-state index contributed by atoms with van der Waals surface area (Å²) in [5.41, 5.74) is 1.32. The van der Waals surface area contributed by atoms with Crippen LogP contribution in [0.3, 0.4) is 0 Å². The molecule has 1 aliphatic heterocycles. The van der Waals surface area contributed by atoms with Gasteiger partial charge in [0.15, 0.2) is 0 Å². The Labute approximate surface area is 97.1 Å². The average molecular weight is 220 g/mol. The van der Waals surface area contributed by atoms with Crippen LogP contribution in [0.25, 0.3) is 0 Å². The third kappa shape index (κ3) is 2.74. The SMILES string of the molecule is CNCc1cc(CN2CC=CCC2)c(C)o1. The van der Waals surface area contributed by atoms with E-state index in [4.69, 9.17) is 4.42 Å². The van der Waals surface area contributed by atoms with Crippen LogP contribution in [0.4, 0.5) is 0 Å². The van der Waals surface area contributed by atoms with Crippen LogP contribution in [0.5, 0.6) is 0 Å². The van der Waals surface area contributed by atoms with Crippen molar-refractivity contribution in [3.8, 4) is 0 Å². The standard InChI is InChI=1S/C13H20N2O/c1-11-12(8-13(16-11)9-14-2)10-15-6-4-3-5-7-15/h3-4,8,14H,5-7,9-10H2,1-2H3. The number of nitrogens with one attached hydrogen (secondary N) is 1. The van der Waals surface area contributed by atoms with Crippen molar-refractivity contribution in [2.45, 2.75) is 26.4 Å². The molecule has 2 rings (SSSR count). The highest BCUT2D eigenvalue weighted by Crippen LogP contribution is 2.17. The molecule has 0 saturated heterocycles. The van der Waals surface area contributed by atoms with Gasteiger partial charge in [-0.25, -0.2) is 0 Å². The first-order valence-corrected chi connectivity index (χ1v) is 5.89. The van der Waals surface area contributed by atoms with Crippen LogP contribution in [-0.4, -0.2) is 25.0 Å². The minimum absolute atomic E-state index is 0.806. The fraction of sp³-hybridized carbons (Fsp3) is 0.538. The van der Waals surface area contributed by atoms with Gasteiger partial charge in [-0.15, -0.1) is 0 Å². The predicted octanol–water partition coefficient (Wildman–Crippen LogP) is 2.07. The van der Waals surface area contributed by atoms with E-state index in [1.807, 2.05) is 14.0 Å². The normalized spacial score (nSPS) is 16.9. The molecule has 1 aromatic rings. The fourth-order valence-electron chi connectivity index (χ4n) is 2.08. The van der Waals surface area contributed by atoms with Crippen LogP contribution in [-0.2, 0) is 13.1 Å². The summed E-state index contributed by atoms with van der Waals surface area (Å²) in [7, 11) is 1.94. The Bertz CT molecular complexity index is 368. The minimum atomic E-state index is 0.806. The van der Waals surface area contributed by atoms with Gasteiger partial charge in [0.25, 0.3) is 0 Å². The van der Waals surface area contributed by atoms with Gasteiger partial charge in [0, 0.05) is 25.2 Å². The van der Waals surface area contributed by atoms with E-state index in [1.165, 1.54) is 12.0 Å². The lowest BCUT2D eigenvalue weighted by Crippen LogP contribution is -2.26. The van der Waals surface area contributed by atoms with Crippen molar-refractivity contribution in [2.75, 3.05) is 20.1 Å². The number of hydrogen-bond acceptors (Lipinski definition) is 3. The summed E-state index contributed by atoms with van der Waals surface area (Å²) >= 11 is 0. The molecular formula is C13H20N2O. The van der Waals surface area contributed by atoms with Crippen molar-refractivity contribution in [2.24, 2.45) is 0 Å². The topological polar surface area (TPSA) is 28.4 Å². The van der Waals surface area contributed by atoms with E-state index >= 15 is 0 Å². The van der Waals surface area contributed by atoms with E-state index < -0.39 is 0 Å². The number of nitrogens with zero attached hydrogens (tertiary/aromatic N) is 1. The molecule has 1 aliphatic rings. The third-order valence-corrected chi connectivity index (χ3v) is 2.96. The molecule has 88 valence electrons. The Morgan fingerprint density at radius 1 is 1.44 bits per heavy atom. The van der Waals surface area contributed by atoms with Gasteiger partial charge in [0.2, 0.25) is 0 Å². The number of aryl methyl sites for hydroxylation is 1. The zero-order chi connectivity index (χ0) is 11.4. The van der Waals surface area contributed by atoms with Crippen molar-refractivity contribution in [3.63, 3.8) is 0 Å². The summed E-state index contributed by atoms with van der Waals surface area (Å²) in [6.07, 6.45) is 5.67. The van der Waals surface area contributed by atoms with Crippen molar-refractivity contribution in [1.29, 1.82) is 0 Å². The molecule has 0 spiro atoms. The smallest absolute Gasteiger partial charge is 0.118 e. The molecule has 0 radical (unpaired) electrons. The zero-order valence-corrected chi connectivity index (χ0v) is 10.1. The molecule has 0 amide bonds. The van der Waals surface area contributed by atoms with Crippen LogP contribution in [0.1, 0.15) is 23.5 Å². The predicted molar refractivity (Wildman–Crippen MR) is 65.2 cm³/mol. The second kappa shape index (κ2) is 5.32. The lowest BCUT2D eigenvalue weighted by atomic mass is 10.2. The van der Waals surface area contributed by atoms with Gasteiger partial charge in [-0.1, -0.05) is 12.2 Å². The maximum Gasteiger partial charge on any atom is 0.118 e. The Balaban J connectivity index is 2.00. The molecule has 0 aromatic carbocycles. The van der Waals surface area contributed by atoms with Crippen molar-refractivity contribution >= 4 is 0 Å². The Morgan fingerprint density at radius 3 is 3.00 bits per heavy atom. The van der Waals surface area contributed by atoms with Crippen LogP contribution in [0, 0.1) is 6.92 Å². The highest BCUT2D eigenvalue weighted by molar-refractivity contribution is 5.21. The number of furan rings is 1. The molecule has 0 aliphatic carbocycles. The van der Waals surface area contributed by atoms with Gasteiger partial charge in [0.05, 0.1) is 6.54 Å². The lowest BCUT2D eigenvalue weighted by Gasteiger charge is -2.22. The van der Waals surface area contributed by atoms with E-state index in [0.717, 1.165) is 37.7 Å². The van der Waals surface area contributed by atoms with Crippen LogP contribution in [0.2, 0.25) is 0 Å². The molecule has 3 heteroatoms. The van der Waals surface area contributed by atoms with Crippen LogP contribution < -0.4 is 5.32 Å². The van der Waals surface area contributed by atoms with Gasteiger partial charge in [-0.2, -0.15) is 0 Å². The molecule has 3 nitrogen and oxygen atoms in total. The first-order chi connectivity index (χ1) is 7.79. The fourth-order valence-corrected chi connectivity index (χ4v) is 2.08. The molecule has 1 aromatic heterocycles. The largest absolute Gasteiger partial charge is 0.465 e. The molecule has 0 atom stereocenters. The maximum absolute atomic E-state index is 5.69. The van der Waals surface area contributed by atoms with Crippen LogP contribution >= 0.6 is 0 Å². The first kappa shape index (κ1) is 11.4. The molecule has 0 unspecified atom stereocenters. The van der Waals surface area contributed by atoms with Gasteiger partial charge in [0.1, 0.15) is 11.5 Å². The highest BCUT2D eigenvalue weighted by Gasteiger charge is 2.12. The van der Waals surface area contributed by atoms with E-state index in [1.54, 1.807) is 0 Å². The molecule has 0 fully saturated rings. The average Bonchev–Trinajstić information content (AvgIpc) is 2.61. The Morgan fingerprint density at radius 2 is 2.31 bits per heavy atom. The molecule has 2 heterocycles. The van der Waals surface area contributed by atoms with Crippen molar-refractivity contribution in [1.82, 2.24) is 10.2 Å². The summed E-state index contributed by atoms with van der Waals surface area (Å²) in [5.74, 6) is 2.09. The summed E-state index contributed by atoms with van der Waals surface area (Å²) in [6.45, 7) is 6.08.